The topological polar surface area (TPSA) is 43.1 Å². The first-order chi connectivity index (χ1) is 13.2. The zero-order chi connectivity index (χ0) is 18.4. The third kappa shape index (κ3) is 2.66. The molecule has 0 aliphatic heterocycles. The molecule has 0 aliphatic rings. The van der Waals surface area contributed by atoms with Crippen LogP contribution in [0.3, 0.4) is 0 Å². The van der Waals surface area contributed by atoms with Crippen LogP contribution >= 0.6 is 11.3 Å². The molecule has 0 fully saturated rings. The Balaban J connectivity index is 1.92. The molecule has 2 aromatic heterocycles. The lowest BCUT2D eigenvalue weighted by molar-refractivity contribution is 0.563. The molecule has 3 aromatic carbocycles. The van der Waals surface area contributed by atoms with Crippen molar-refractivity contribution >= 4 is 32.5 Å². The lowest BCUT2D eigenvalue weighted by atomic mass is 9.96. The van der Waals surface area contributed by atoms with Gasteiger partial charge in [-0.05, 0) is 36.2 Å². The lowest BCUT2D eigenvalue weighted by Crippen LogP contribution is -2.06. The summed E-state index contributed by atoms with van der Waals surface area (Å²) >= 11 is 1.51. The highest BCUT2D eigenvalue weighted by atomic mass is 32.1. The van der Waals surface area contributed by atoms with E-state index in [1.165, 1.54) is 11.3 Å². The van der Waals surface area contributed by atoms with Crippen LogP contribution in [0.1, 0.15) is 5.56 Å². The average molecular weight is 369 g/mol. The third-order valence-electron chi connectivity index (χ3n) is 4.63. The van der Waals surface area contributed by atoms with Gasteiger partial charge in [-0.2, -0.15) is 0 Å². The summed E-state index contributed by atoms with van der Waals surface area (Å²) in [4.78, 5) is 17.7. The van der Waals surface area contributed by atoms with Gasteiger partial charge in [0.1, 0.15) is 16.2 Å². The minimum absolute atomic E-state index is 0.356. The lowest BCUT2D eigenvalue weighted by Gasteiger charge is -2.11. The Kier molecular flexibility index (Phi) is 3.66. The SMILES string of the molecule is Cc1ccc2c(-c3ccccc3)c(-c3nc4ccccc4s3)c(=O)oc2c1. The van der Waals surface area contributed by atoms with Crippen LogP contribution in [0.15, 0.2) is 82.0 Å². The molecule has 4 heteroatoms. The minimum atomic E-state index is -0.356. The van der Waals surface area contributed by atoms with Gasteiger partial charge in [0.05, 0.1) is 10.2 Å². The minimum Gasteiger partial charge on any atom is -0.422 e. The number of hydrogen-bond acceptors (Lipinski definition) is 4. The summed E-state index contributed by atoms with van der Waals surface area (Å²) < 4.78 is 6.75. The van der Waals surface area contributed by atoms with Crippen molar-refractivity contribution in [1.82, 2.24) is 4.98 Å². The van der Waals surface area contributed by atoms with Crippen molar-refractivity contribution in [2.75, 3.05) is 0 Å². The van der Waals surface area contributed by atoms with Gasteiger partial charge in [-0.25, -0.2) is 9.78 Å². The van der Waals surface area contributed by atoms with E-state index in [0.717, 1.165) is 32.3 Å². The molecule has 0 unspecified atom stereocenters. The monoisotopic (exact) mass is 369 g/mol. The Labute approximate surface area is 159 Å². The molecule has 0 radical (unpaired) electrons. The maximum Gasteiger partial charge on any atom is 0.347 e. The van der Waals surface area contributed by atoms with E-state index in [-0.39, 0.29) is 5.63 Å². The summed E-state index contributed by atoms with van der Waals surface area (Å²) in [6, 6.07) is 23.8. The standard InChI is InChI=1S/C23H15NO2S/c1-14-11-12-16-18(13-14)26-23(25)21(20(16)15-7-3-2-4-8-15)22-24-17-9-5-6-10-19(17)27-22/h2-13H,1H3. The molecule has 0 atom stereocenters. The molecule has 0 N–H and O–H groups in total. The van der Waals surface area contributed by atoms with Crippen molar-refractivity contribution in [2.45, 2.75) is 6.92 Å². The summed E-state index contributed by atoms with van der Waals surface area (Å²) in [5, 5.41) is 1.60. The van der Waals surface area contributed by atoms with Crippen molar-refractivity contribution in [3.63, 3.8) is 0 Å². The predicted molar refractivity (Wildman–Crippen MR) is 111 cm³/mol. The van der Waals surface area contributed by atoms with Crippen molar-refractivity contribution in [3.05, 3.63) is 88.8 Å². The van der Waals surface area contributed by atoms with E-state index in [1.807, 2.05) is 79.7 Å². The number of aryl methyl sites for hydroxylation is 1. The Hall–Kier alpha value is -3.24. The highest BCUT2D eigenvalue weighted by Crippen LogP contribution is 2.38. The summed E-state index contributed by atoms with van der Waals surface area (Å²) in [6.45, 7) is 1.99. The van der Waals surface area contributed by atoms with Crippen molar-refractivity contribution in [3.8, 4) is 21.7 Å². The summed E-state index contributed by atoms with van der Waals surface area (Å²) in [6.07, 6.45) is 0. The van der Waals surface area contributed by atoms with Crippen LogP contribution in [-0.4, -0.2) is 4.98 Å². The second-order valence-electron chi connectivity index (χ2n) is 6.49. The van der Waals surface area contributed by atoms with E-state index in [4.69, 9.17) is 9.40 Å². The van der Waals surface area contributed by atoms with Gasteiger partial charge in [0, 0.05) is 10.9 Å². The highest BCUT2D eigenvalue weighted by Gasteiger charge is 2.21. The van der Waals surface area contributed by atoms with Gasteiger partial charge >= 0.3 is 5.63 Å². The number of aromatic nitrogens is 1. The molecule has 0 bridgehead atoms. The number of benzene rings is 3. The molecule has 5 aromatic rings. The fourth-order valence-electron chi connectivity index (χ4n) is 3.39. The molecule has 5 rings (SSSR count). The van der Waals surface area contributed by atoms with Gasteiger partial charge in [0.25, 0.3) is 0 Å². The van der Waals surface area contributed by atoms with Crippen molar-refractivity contribution < 1.29 is 4.42 Å². The zero-order valence-corrected chi connectivity index (χ0v) is 15.4. The Morgan fingerprint density at radius 2 is 1.67 bits per heavy atom. The van der Waals surface area contributed by atoms with Gasteiger partial charge in [0.15, 0.2) is 0 Å². The smallest absolute Gasteiger partial charge is 0.347 e. The molecule has 3 nitrogen and oxygen atoms in total. The normalized spacial score (nSPS) is 11.3. The van der Waals surface area contributed by atoms with E-state index < -0.39 is 0 Å². The largest absolute Gasteiger partial charge is 0.422 e. The van der Waals surface area contributed by atoms with Gasteiger partial charge in [-0.3, -0.25) is 0 Å². The molecule has 130 valence electrons. The van der Waals surface area contributed by atoms with Crippen LogP contribution in [0.25, 0.3) is 42.9 Å². The van der Waals surface area contributed by atoms with Crippen LogP contribution in [0.2, 0.25) is 0 Å². The number of fused-ring (bicyclic) bond motifs is 2. The van der Waals surface area contributed by atoms with Crippen LogP contribution < -0.4 is 5.63 Å². The van der Waals surface area contributed by atoms with Crippen LogP contribution in [0.4, 0.5) is 0 Å². The number of hydrogen-bond donors (Lipinski definition) is 0. The Morgan fingerprint density at radius 3 is 2.48 bits per heavy atom. The summed E-state index contributed by atoms with van der Waals surface area (Å²) in [5.74, 6) is 0. The van der Waals surface area contributed by atoms with E-state index >= 15 is 0 Å². The zero-order valence-electron chi connectivity index (χ0n) is 14.6. The summed E-state index contributed by atoms with van der Waals surface area (Å²) in [5.41, 5.74) is 4.57. The maximum atomic E-state index is 13.0. The molecule has 27 heavy (non-hydrogen) atoms. The van der Waals surface area contributed by atoms with E-state index in [9.17, 15) is 4.79 Å². The first-order valence-electron chi connectivity index (χ1n) is 8.69. The molecule has 0 saturated heterocycles. The molecule has 2 heterocycles. The Bertz CT molecular complexity index is 1320. The average Bonchev–Trinajstić information content (AvgIpc) is 3.11. The number of rotatable bonds is 2. The first kappa shape index (κ1) is 16.0. The number of nitrogens with zero attached hydrogens (tertiary/aromatic N) is 1. The maximum absolute atomic E-state index is 13.0. The first-order valence-corrected chi connectivity index (χ1v) is 9.51. The molecular formula is C23H15NO2S. The van der Waals surface area contributed by atoms with Crippen molar-refractivity contribution in [1.29, 1.82) is 0 Å². The fraction of sp³-hybridized carbons (Fsp3) is 0.0435. The van der Waals surface area contributed by atoms with Gasteiger partial charge in [-0.15, -0.1) is 11.3 Å². The predicted octanol–water partition coefficient (Wildman–Crippen LogP) is 6.05. The van der Waals surface area contributed by atoms with Crippen LogP contribution in [0.5, 0.6) is 0 Å². The second kappa shape index (κ2) is 6.18. The highest BCUT2D eigenvalue weighted by molar-refractivity contribution is 7.21. The fourth-order valence-corrected chi connectivity index (χ4v) is 4.39. The van der Waals surface area contributed by atoms with Gasteiger partial charge < -0.3 is 4.42 Å². The number of para-hydroxylation sites is 1. The number of thiazole rings is 1. The van der Waals surface area contributed by atoms with Crippen LogP contribution in [0, 0.1) is 6.92 Å². The third-order valence-corrected chi connectivity index (χ3v) is 5.69. The quantitative estimate of drug-likeness (QED) is 0.356. The second-order valence-corrected chi connectivity index (χ2v) is 7.52. The Morgan fingerprint density at radius 1 is 0.889 bits per heavy atom. The van der Waals surface area contributed by atoms with Gasteiger partial charge in [-0.1, -0.05) is 54.6 Å². The van der Waals surface area contributed by atoms with E-state index in [2.05, 4.69) is 0 Å². The van der Waals surface area contributed by atoms with Crippen molar-refractivity contribution in [2.24, 2.45) is 0 Å². The molecule has 0 amide bonds. The van der Waals surface area contributed by atoms with Crippen LogP contribution in [-0.2, 0) is 0 Å². The molecule has 0 aliphatic carbocycles. The van der Waals surface area contributed by atoms with Gasteiger partial charge in [0.2, 0.25) is 0 Å². The molecule has 0 spiro atoms. The summed E-state index contributed by atoms with van der Waals surface area (Å²) in [7, 11) is 0. The molecular weight excluding hydrogens is 354 g/mol. The molecule has 0 saturated carbocycles. The van der Waals surface area contributed by atoms with E-state index in [0.29, 0.717) is 16.2 Å². The van der Waals surface area contributed by atoms with E-state index in [1.54, 1.807) is 0 Å².